The minimum absolute atomic E-state index is 0.0947. The van der Waals surface area contributed by atoms with E-state index in [-0.39, 0.29) is 4.75 Å². The molecule has 0 fully saturated rings. The molecular weight excluding hydrogens is 226 g/mol. The Morgan fingerprint density at radius 3 is 1.76 bits per heavy atom. The summed E-state index contributed by atoms with van der Waals surface area (Å²) in [6.07, 6.45) is 2.09. The summed E-state index contributed by atoms with van der Waals surface area (Å²) in [4.78, 5) is 4.43. The first-order valence-electron chi connectivity index (χ1n) is 5.68. The van der Waals surface area contributed by atoms with Crippen LogP contribution in [0.1, 0.15) is 11.1 Å². The Bertz CT molecular complexity index is 480. The number of aliphatic imine (C=N–C) groups is 1. The summed E-state index contributed by atoms with van der Waals surface area (Å²) < 4.78 is -0.0947. The Balaban J connectivity index is 2.15. The SMILES string of the molecule is C1=NCSC1(c1ccccc1)c1ccccc1. The van der Waals surface area contributed by atoms with Gasteiger partial charge in [-0.05, 0) is 11.1 Å². The van der Waals surface area contributed by atoms with Gasteiger partial charge in [0.05, 0.1) is 5.88 Å². The van der Waals surface area contributed by atoms with Crippen molar-refractivity contribution in [3.63, 3.8) is 0 Å². The fourth-order valence-corrected chi connectivity index (χ4v) is 3.30. The van der Waals surface area contributed by atoms with Crippen LogP contribution < -0.4 is 0 Å². The maximum absolute atomic E-state index is 4.43. The van der Waals surface area contributed by atoms with Crippen molar-refractivity contribution in [3.05, 3.63) is 71.8 Å². The number of hydrogen-bond donors (Lipinski definition) is 0. The molecule has 2 aromatic rings. The van der Waals surface area contributed by atoms with Gasteiger partial charge in [0.1, 0.15) is 4.75 Å². The largest absolute Gasteiger partial charge is 0.284 e. The molecule has 1 nitrogen and oxygen atoms in total. The van der Waals surface area contributed by atoms with Gasteiger partial charge in [0.25, 0.3) is 0 Å². The molecule has 0 unspecified atom stereocenters. The average molecular weight is 239 g/mol. The molecule has 2 heteroatoms. The number of hydrogen-bond acceptors (Lipinski definition) is 2. The standard InChI is InChI=1S/C15H13NS/c1-3-7-13(8-4-1)15(11-16-12-17-15)14-9-5-2-6-10-14/h1-11H,12H2. The van der Waals surface area contributed by atoms with E-state index in [9.17, 15) is 0 Å². The van der Waals surface area contributed by atoms with Crippen molar-refractivity contribution in [3.8, 4) is 0 Å². The zero-order valence-electron chi connectivity index (χ0n) is 9.41. The van der Waals surface area contributed by atoms with Crippen LogP contribution in [0, 0.1) is 0 Å². The van der Waals surface area contributed by atoms with E-state index in [0.29, 0.717) is 0 Å². The third kappa shape index (κ3) is 1.79. The van der Waals surface area contributed by atoms with Gasteiger partial charge in [0.2, 0.25) is 0 Å². The van der Waals surface area contributed by atoms with E-state index in [2.05, 4.69) is 71.9 Å². The Labute approximate surface area is 106 Å². The molecule has 0 saturated carbocycles. The first-order valence-corrected chi connectivity index (χ1v) is 6.66. The Morgan fingerprint density at radius 2 is 1.35 bits per heavy atom. The molecule has 2 aromatic carbocycles. The van der Waals surface area contributed by atoms with Crippen molar-refractivity contribution in [1.82, 2.24) is 0 Å². The summed E-state index contributed by atoms with van der Waals surface area (Å²) in [6, 6.07) is 21.2. The summed E-state index contributed by atoms with van der Waals surface area (Å²) in [7, 11) is 0. The van der Waals surface area contributed by atoms with Crippen molar-refractivity contribution in [2.45, 2.75) is 4.75 Å². The zero-order valence-corrected chi connectivity index (χ0v) is 10.2. The second-order valence-corrected chi connectivity index (χ2v) is 5.24. The van der Waals surface area contributed by atoms with Crippen LogP contribution in [-0.2, 0) is 4.75 Å². The molecule has 0 saturated heterocycles. The van der Waals surface area contributed by atoms with Gasteiger partial charge in [-0.1, -0.05) is 60.7 Å². The fourth-order valence-electron chi connectivity index (χ4n) is 2.20. The first kappa shape index (κ1) is 10.6. The minimum atomic E-state index is -0.0947. The maximum atomic E-state index is 4.43. The highest BCUT2D eigenvalue weighted by atomic mass is 32.2. The van der Waals surface area contributed by atoms with Crippen molar-refractivity contribution in [1.29, 1.82) is 0 Å². The molecule has 84 valence electrons. The van der Waals surface area contributed by atoms with Gasteiger partial charge in [-0.25, -0.2) is 0 Å². The summed E-state index contributed by atoms with van der Waals surface area (Å²) in [6.45, 7) is 0. The van der Waals surface area contributed by atoms with Crippen LogP contribution in [0.5, 0.6) is 0 Å². The lowest BCUT2D eigenvalue weighted by atomic mass is 9.91. The Morgan fingerprint density at radius 1 is 0.824 bits per heavy atom. The van der Waals surface area contributed by atoms with Crippen LogP contribution in [-0.4, -0.2) is 12.1 Å². The predicted molar refractivity (Wildman–Crippen MR) is 74.6 cm³/mol. The molecule has 17 heavy (non-hydrogen) atoms. The molecule has 1 aliphatic rings. The summed E-state index contributed by atoms with van der Waals surface area (Å²) in [5.74, 6) is 0.837. The molecule has 1 aliphatic heterocycles. The van der Waals surface area contributed by atoms with E-state index in [0.717, 1.165) is 5.88 Å². The minimum Gasteiger partial charge on any atom is -0.284 e. The lowest BCUT2D eigenvalue weighted by molar-refractivity contribution is 1.03. The third-order valence-corrected chi connectivity index (χ3v) is 4.36. The average Bonchev–Trinajstić information content (AvgIpc) is 2.91. The number of nitrogens with zero attached hydrogens (tertiary/aromatic N) is 1. The highest BCUT2D eigenvalue weighted by Gasteiger charge is 2.35. The summed E-state index contributed by atoms with van der Waals surface area (Å²) in [5, 5.41) is 0. The van der Waals surface area contributed by atoms with E-state index >= 15 is 0 Å². The van der Waals surface area contributed by atoms with Crippen LogP contribution in [0.15, 0.2) is 65.7 Å². The van der Waals surface area contributed by atoms with Gasteiger partial charge in [0.15, 0.2) is 0 Å². The highest BCUT2D eigenvalue weighted by Crippen LogP contribution is 2.44. The van der Waals surface area contributed by atoms with Crippen LogP contribution in [0.3, 0.4) is 0 Å². The van der Waals surface area contributed by atoms with Crippen LogP contribution in [0.4, 0.5) is 0 Å². The molecule has 0 atom stereocenters. The summed E-state index contributed by atoms with van der Waals surface area (Å²) >= 11 is 1.87. The van der Waals surface area contributed by atoms with E-state index < -0.39 is 0 Å². The normalized spacial score (nSPS) is 17.2. The fraction of sp³-hybridized carbons (Fsp3) is 0.133. The Kier molecular flexibility index (Phi) is 2.73. The molecule has 0 aromatic heterocycles. The quantitative estimate of drug-likeness (QED) is 0.778. The van der Waals surface area contributed by atoms with Gasteiger partial charge in [-0.2, -0.15) is 0 Å². The van der Waals surface area contributed by atoms with Crippen LogP contribution in [0.25, 0.3) is 0 Å². The van der Waals surface area contributed by atoms with Gasteiger partial charge in [-0.3, -0.25) is 4.99 Å². The van der Waals surface area contributed by atoms with E-state index in [1.54, 1.807) is 0 Å². The molecule has 1 heterocycles. The third-order valence-electron chi connectivity index (χ3n) is 3.05. The maximum Gasteiger partial charge on any atom is 0.102 e. The van der Waals surface area contributed by atoms with Crippen LogP contribution in [0.2, 0.25) is 0 Å². The first-order chi connectivity index (χ1) is 8.42. The molecule has 0 radical (unpaired) electrons. The van der Waals surface area contributed by atoms with Crippen molar-refractivity contribution in [2.75, 3.05) is 5.88 Å². The lowest BCUT2D eigenvalue weighted by Gasteiger charge is -2.26. The van der Waals surface area contributed by atoms with E-state index in [4.69, 9.17) is 0 Å². The monoisotopic (exact) mass is 239 g/mol. The highest BCUT2D eigenvalue weighted by molar-refractivity contribution is 8.01. The van der Waals surface area contributed by atoms with Gasteiger partial charge in [-0.15, -0.1) is 11.8 Å². The smallest absolute Gasteiger partial charge is 0.102 e. The number of rotatable bonds is 2. The lowest BCUT2D eigenvalue weighted by Crippen LogP contribution is -2.22. The van der Waals surface area contributed by atoms with Gasteiger partial charge >= 0.3 is 0 Å². The predicted octanol–water partition coefficient (Wildman–Crippen LogP) is 3.71. The molecule has 0 aliphatic carbocycles. The second kappa shape index (κ2) is 4.38. The molecule has 0 spiro atoms. The second-order valence-electron chi connectivity index (χ2n) is 4.05. The van der Waals surface area contributed by atoms with Gasteiger partial charge < -0.3 is 0 Å². The molecule has 0 bridgehead atoms. The van der Waals surface area contributed by atoms with Crippen molar-refractivity contribution >= 4 is 18.0 Å². The summed E-state index contributed by atoms with van der Waals surface area (Å²) in [5.41, 5.74) is 2.61. The zero-order chi connectivity index (χ0) is 11.6. The van der Waals surface area contributed by atoms with Crippen molar-refractivity contribution < 1.29 is 0 Å². The van der Waals surface area contributed by atoms with Crippen LogP contribution >= 0.6 is 11.8 Å². The number of thioether (sulfide) groups is 1. The molecule has 0 N–H and O–H groups in total. The Hall–Kier alpha value is -1.54. The van der Waals surface area contributed by atoms with Crippen molar-refractivity contribution in [2.24, 2.45) is 4.99 Å². The van der Waals surface area contributed by atoms with E-state index in [1.807, 2.05) is 11.8 Å². The van der Waals surface area contributed by atoms with Gasteiger partial charge in [0, 0.05) is 6.21 Å². The number of benzene rings is 2. The van der Waals surface area contributed by atoms with E-state index in [1.165, 1.54) is 11.1 Å². The molecular formula is C15H13NS. The topological polar surface area (TPSA) is 12.4 Å². The molecule has 0 amide bonds. The molecule has 3 rings (SSSR count).